The van der Waals surface area contributed by atoms with Crippen LogP contribution in [0.4, 0.5) is 0 Å². The number of nitrogens with zero attached hydrogens (tertiary/aromatic N) is 3. The minimum absolute atomic E-state index is 0.0671. The molecule has 112 valence electrons. The first-order valence-corrected chi connectivity index (χ1v) is 8.15. The number of aromatic nitrogens is 1. The number of piperidine rings is 1. The molecule has 2 aliphatic heterocycles. The highest BCUT2D eigenvalue weighted by Gasteiger charge is 2.44. The Morgan fingerprint density at radius 3 is 2.86 bits per heavy atom. The summed E-state index contributed by atoms with van der Waals surface area (Å²) < 4.78 is 38.0. The molecule has 3 heterocycles. The van der Waals surface area contributed by atoms with Gasteiger partial charge in [0.2, 0.25) is 10.0 Å². The molecule has 0 aliphatic carbocycles. The average Bonchev–Trinajstić information content (AvgIpc) is 2.95. The van der Waals surface area contributed by atoms with Crippen molar-refractivity contribution in [2.24, 2.45) is 0 Å². The van der Waals surface area contributed by atoms with Gasteiger partial charge in [-0.15, -0.1) is 0 Å². The topological polar surface area (TPSA) is 92.5 Å². The smallest absolute Gasteiger partial charge is 0.246 e. The lowest BCUT2D eigenvalue weighted by Crippen LogP contribution is -2.51. The minimum atomic E-state index is -3.78. The van der Waals surface area contributed by atoms with E-state index >= 15 is 0 Å². The van der Waals surface area contributed by atoms with E-state index in [1.807, 2.05) is 6.07 Å². The van der Waals surface area contributed by atoms with Gasteiger partial charge in [0.05, 0.1) is 19.8 Å². The van der Waals surface area contributed by atoms with Crippen LogP contribution in [0.3, 0.4) is 0 Å². The summed E-state index contributed by atoms with van der Waals surface area (Å²) in [6.07, 6.45) is 2.73. The number of nitriles is 1. The Hall–Kier alpha value is -1.53. The van der Waals surface area contributed by atoms with Crippen LogP contribution in [-0.2, 0) is 19.5 Å². The van der Waals surface area contributed by atoms with Crippen molar-refractivity contribution in [2.45, 2.75) is 23.5 Å². The van der Waals surface area contributed by atoms with Gasteiger partial charge in [-0.3, -0.25) is 0 Å². The lowest BCUT2D eigenvalue weighted by molar-refractivity contribution is -0.179. The molecule has 1 spiro atoms. The Morgan fingerprint density at radius 2 is 2.14 bits per heavy atom. The molecule has 0 radical (unpaired) electrons. The van der Waals surface area contributed by atoms with E-state index in [2.05, 4.69) is 4.98 Å². The SMILES string of the molecule is N#Cc1ncccc1S(=O)(=O)N1CCCC2(C1)OCCO2. The van der Waals surface area contributed by atoms with Crippen molar-refractivity contribution >= 4 is 10.0 Å². The fourth-order valence-electron chi connectivity index (χ4n) is 2.71. The predicted octanol–water partition coefficient (Wildman–Crippen LogP) is 0.481. The van der Waals surface area contributed by atoms with Crippen molar-refractivity contribution in [1.82, 2.24) is 9.29 Å². The molecule has 0 aromatic carbocycles. The van der Waals surface area contributed by atoms with Crippen LogP contribution in [0.2, 0.25) is 0 Å². The summed E-state index contributed by atoms with van der Waals surface area (Å²) in [7, 11) is -3.78. The van der Waals surface area contributed by atoms with E-state index in [0.717, 1.165) is 0 Å². The third-order valence-electron chi connectivity index (χ3n) is 3.69. The maximum Gasteiger partial charge on any atom is 0.246 e. The highest BCUT2D eigenvalue weighted by molar-refractivity contribution is 7.89. The van der Waals surface area contributed by atoms with Gasteiger partial charge >= 0.3 is 0 Å². The van der Waals surface area contributed by atoms with Crippen LogP contribution in [0, 0.1) is 11.3 Å². The van der Waals surface area contributed by atoms with Gasteiger partial charge in [-0.2, -0.15) is 9.57 Å². The summed E-state index contributed by atoms with van der Waals surface area (Å²) in [5.41, 5.74) is -0.0922. The molecule has 2 saturated heterocycles. The molecular weight excluding hydrogens is 294 g/mol. The second-order valence-electron chi connectivity index (χ2n) is 5.01. The van der Waals surface area contributed by atoms with Gasteiger partial charge in [0.15, 0.2) is 11.5 Å². The number of ether oxygens (including phenoxy) is 2. The van der Waals surface area contributed by atoms with Gasteiger partial charge in [-0.1, -0.05) is 0 Å². The van der Waals surface area contributed by atoms with Gasteiger partial charge in [0.25, 0.3) is 0 Å². The van der Waals surface area contributed by atoms with E-state index in [4.69, 9.17) is 14.7 Å². The van der Waals surface area contributed by atoms with Crippen LogP contribution in [0.5, 0.6) is 0 Å². The van der Waals surface area contributed by atoms with Crippen LogP contribution in [0.15, 0.2) is 23.2 Å². The van der Waals surface area contributed by atoms with E-state index in [-0.39, 0.29) is 17.1 Å². The van der Waals surface area contributed by atoms with Crippen LogP contribution in [0.1, 0.15) is 18.5 Å². The lowest BCUT2D eigenvalue weighted by atomic mass is 10.1. The molecule has 1 aromatic heterocycles. The summed E-state index contributed by atoms with van der Waals surface area (Å²) in [5, 5.41) is 9.04. The van der Waals surface area contributed by atoms with E-state index in [0.29, 0.717) is 32.6 Å². The summed E-state index contributed by atoms with van der Waals surface area (Å²) in [6, 6.07) is 4.73. The second kappa shape index (κ2) is 5.35. The van der Waals surface area contributed by atoms with Gasteiger partial charge in [-0.05, 0) is 18.6 Å². The summed E-state index contributed by atoms with van der Waals surface area (Å²) in [6.45, 7) is 1.49. The second-order valence-corrected chi connectivity index (χ2v) is 6.92. The standard InChI is InChI=1S/C13H15N3O4S/c14-9-11-12(3-1-5-15-11)21(17,18)16-6-2-4-13(10-16)19-7-8-20-13/h1,3,5H,2,4,6-8,10H2. The third-order valence-corrected chi connectivity index (χ3v) is 5.57. The quantitative estimate of drug-likeness (QED) is 0.789. The number of sulfonamides is 1. The molecular formula is C13H15N3O4S. The van der Waals surface area contributed by atoms with Crippen LogP contribution < -0.4 is 0 Å². The zero-order valence-electron chi connectivity index (χ0n) is 11.4. The molecule has 8 heteroatoms. The Bertz CT molecular complexity index is 677. The highest BCUT2D eigenvalue weighted by Crippen LogP contribution is 2.33. The van der Waals surface area contributed by atoms with Crippen LogP contribution in [-0.4, -0.2) is 49.8 Å². The first-order valence-electron chi connectivity index (χ1n) is 6.71. The molecule has 0 unspecified atom stereocenters. The zero-order valence-corrected chi connectivity index (χ0v) is 12.2. The van der Waals surface area contributed by atoms with Gasteiger partial charge in [0, 0.05) is 19.2 Å². The minimum Gasteiger partial charge on any atom is -0.346 e. The lowest BCUT2D eigenvalue weighted by Gasteiger charge is -2.37. The average molecular weight is 309 g/mol. The monoisotopic (exact) mass is 309 g/mol. The molecule has 3 rings (SSSR count). The molecule has 7 nitrogen and oxygen atoms in total. The van der Waals surface area contributed by atoms with Crippen LogP contribution in [0.25, 0.3) is 0 Å². The van der Waals surface area contributed by atoms with Crippen molar-refractivity contribution in [2.75, 3.05) is 26.3 Å². The van der Waals surface area contributed by atoms with Crippen molar-refractivity contribution < 1.29 is 17.9 Å². The van der Waals surface area contributed by atoms with Crippen molar-refractivity contribution in [1.29, 1.82) is 5.26 Å². The molecule has 2 aliphatic rings. The maximum absolute atomic E-state index is 12.7. The molecule has 0 atom stereocenters. The summed E-state index contributed by atoms with van der Waals surface area (Å²) in [5.74, 6) is -0.833. The Balaban J connectivity index is 1.93. The maximum atomic E-state index is 12.7. The van der Waals surface area contributed by atoms with Crippen molar-refractivity contribution in [3.63, 3.8) is 0 Å². The first-order chi connectivity index (χ1) is 10.1. The van der Waals surface area contributed by atoms with E-state index < -0.39 is 15.8 Å². The van der Waals surface area contributed by atoms with Crippen molar-refractivity contribution in [3.8, 4) is 6.07 Å². The third kappa shape index (κ3) is 2.53. The highest BCUT2D eigenvalue weighted by atomic mass is 32.2. The zero-order chi connectivity index (χ0) is 14.9. The first kappa shape index (κ1) is 14.4. The molecule has 0 amide bonds. The number of rotatable bonds is 2. The normalized spacial score (nSPS) is 22.2. The summed E-state index contributed by atoms with van der Waals surface area (Å²) >= 11 is 0. The van der Waals surface area contributed by atoms with Crippen LogP contribution >= 0.6 is 0 Å². The van der Waals surface area contributed by atoms with E-state index in [9.17, 15) is 8.42 Å². The molecule has 0 bridgehead atoms. The van der Waals surface area contributed by atoms with Crippen molar-refractivity contribution in [3.05, 3.63) is 24.0 Å². The van der Waals surface area contributed by atoms with Gasteiger partial charge in [0.1, 0.15) is 11.0 Å². The van der Waals surface area contributed by atoms with Gasteiger partial charge in [-0.25, -0.2) is 13.4 Å². The predicted molar refractivity (Wildman–Crippen MR) is 71.6 cm³/mol. The summed E-state index contributed by atoms with van der Waals surface area (Å²) in [4.78, 5) is 3.75. The molecule has 21 heavy (non-hydrogen) atoms. The molecule has 0 N–H and O–H groups in total. The Labute approximate surface area is 123 Å². The van der Waals surface area contributed by atoms with E-state index in [1.54, 1.807) is 0 Å². The molecule has 1 aromatic rings. The molecule has 0 saturated carbocycles. The Morgan fingerprint density at radius 1 is 1.38 bits per heavy atom. The Kier molecular flexibility index (Phi) is 3.67. The number of pyridine rings is 1. The number of hydrogen-bond donors (Lipinski definition) is 0. The molecule has 2 fully saturated rings. The fourth-order valence-corrected chi connectivity index (χ4v) is 4.32. The fraction of sp³-hybridized carbons (Fsp3) is 0.538. The largest absolute Gasteiger partial charge is 0.346 e. The van der Waals surface area contributed by atoms with Gasteiger partial charge < -0.3 is 9.47 Å². The van der Waals surface area contributed by atoms with E-state index in [1.165, 1.54) is 22.6 Å². The number of hydrogen-bond acceptors (Lipinski definition) is 6.